The molecule has 6 nitrogen and oxygen atoms in total. The molecule has 0 radical (unpaired) electrons. The van der Waals surface area contributed by atoms with Crippen LogP contribution in [0.5, 0.6) is 0 Å². The Morgan fingerprint density at radius 2 is 1.82 bits per heavy atom. The van der Waals surface area contributed by atoms with Crippen molar-refractivity contribution in [2.45, 2.75) is 19.3 Å². The van der Waals surface area contributed by atoms with Crippen LogP contribution >= 0.6 is 0 Å². The van der Waals surface area contributed by atoms with Crippen molar-refractivity contribution in [1.82, 2.24) is 19.8 Å². The molecule has 1 aromatic heterocycles. The van der Waals surface area contributed by atoms with E-state index < -0.39 is 5.41 Å². The van der Waals surface area contributed by atoms with E-state index in [1.807, 2.05) is 30.3 Å². The SMILES string of the molecule is CN(C)C(=O)C1(Cc2ccccc2-c2cccc(F)c2)CCN(C(=O)c2cnccn2)CC1. The van der Waals surface area contributed by atoms with Gasteiger partial charge in [-0.05, 0) is 48.1 Å². The maximum absolute atomic E-state index is 13.9. The summed E-state index contributed by atoms with van der Waals surface area (Å²) in [6.07, 6.45) is 6.08. The van der Waals surface area contributed by atoms with Gasteiger partial charge in [0.2, 0.25) is 5.91 Å². The van der Waals surface area contributed by atoms with E-state index in [1.165, 1.54) is 30.7 Å². The molecule has 33 heavy (non-hydrogen) atoms. The van der Waals surface area contributed by atoms with Gasteiger partial charge < -0.3 is 9.80 Å². The predicted octanol–water partition coefficient (Wildman–Crippen LogP) is 3.84. The molecular weight excluding hydrogens is 419 g/mol. The third-order valence-electron chi connectivity index (χ3n) is 6.33. The van der Waals surface area contributed by atoms with Gasteiger partial charge in [-0.25, -0.2) is 9.37 Å². The van der Waals surface area contributed by atoms with E-state index in [9.17, 15) is 14.0 Å². The minimum Gasteiger partial charge on any atom is -0.348 e. The number of hydrogen-bond acceptors (Lipinski definition) is 4. The largest absolute Gasteiger partial charge is 0.348 e. The van der Waals surface area contributed by atoms with Gasteiger partial charge in [0.25, 0.3) is 5.91 Å². The van der Waals surface area contributed by atoms with Gasteiger partial charge in [0.1, 0.15) is 11.5 Å². The smallest absolute Gasteiger partial charge is 0.274 e. The van der Waals surface area contributed by atoms with Crippen LogP contribution in [0.1, 0.15) is 28.9 Å². The van der Waals surface area contributed by atoms with Gasteiger partial charge in [-0.3, -0.25) is 14.6 Å². The van der Waals surface area contributed by atoms with Crippen molar-refractivity contribution in [1.29, 1.82) is 0 Å². The lowest BCUT2D eigenvalue weighted by molar-refractivity contribution is -0.142. The first-order valence-electron chi connectivity index (χ1n) is 11.0. The number of rotatable bonds is 5. The van der Waals surface area contributed by atoms with Crippen LogP contribution in [0.25, 0.3) is 11.1 Å². The summed E-state index contributed by atoms with van der Waals surface area (Å²) in [5.74, 6) is -0.422. The molecule has 0 bridgehead atoms. The standard InChI is InChI=1S/C26H27FN4O2/c1-30(2)25(33)26(10-14-31(15-11-26)24(32)23-18-28-12-13-29-23)17-20-6-3-4-9-22(20)19-7-5-8-21(27)16-19/h3-9,12-13,16,18H,10-11,14-15,17H2,1-2H3. The monoisotopic (exact) mass is 446 g/mol. The van der Waals surface area contributed by atoms with Crippen molar-refractivity contribution in [3.8, 4) is 11.1 Å². The van der Waals surface area contributed by atoms with Crippen LogP contribution in [-0.4, -0.2) is 58.8 Å². The van der Waals surface area contributed by atoms with Crippen LogP contribution in [-0.2, 0) is 11.2 Å². The van der Waals surface area contributed by atoms with Crippen molar-refractivity contribution in [2.24, 2.45) is 5.41 Å². The molecule has 0 unspecified atom stereocenters. The van der Waals surface area contributed by atoms with Crippen molar-refractivity contribution >= 4 is 11.8 Å². The van der Waals surface area contributed by atoms with Gasteiger partial charge in [0.05, 0.1) is 11.6 Å². The molecule has 2 heterocycles. The van der Waals surface area contributed by atoms with E-state index in [1.54, 1.807) is 30.0 Å². The highest BCUT2D eigenvalue weighted by molar-refractivity contribution is 5.92. The minimum atomic E-state index is -0.647. The van der Waals surface area contributed by atoms with Crippen molar-refractivity contribution in [3.05, 3.63) is 84.2 Å². The van der Waals surface area contributed by atoms with Crippen molar-refractivity contribution in [2.75, 3.05) is 27.2 Å². The van der Waals surface area contributed by atoms with Crippen LogP contribution in [0.2, 0.25) is 0 Å². The number of halogens is 1. The quantitative estimate of drug-likeness (QED) is 0.597. The first kappa shape index (κ1) is 22.6. The lowest BCUT2D eigenvalue weighted by Crippen LogP contribution is -2.51. The number of nitrogens with zero attached hydrogens (tertiary/aromatic N) is 4. The second kappa shape index (κ2) is 9.48. The van der Waals surface area contributed by atoms with Gasteiger partial charge >= 0.3 is 0 Å². The average molecular weight is 447 g/mol. The zero-order chi connectivity index (χ0) is 23.4. The third-order valence-corrected chi connectivity index (χ3v) is 6.33. The molecule has 1 aliphatic heterocycles. The third kappa shape index (κ3) is 4.77. The van der Waals surface area contributed by atoms with Crippen LogP contribution in [0.4, 0.5) is 4.39 Å². The highest BCUT2D eigenvalue weighted by Gasteiger charge is 2.43. The average Bonchev–Trinajstić information content (AvgIpc) is 2.84. The Hall–Kier alpha value is -3.61. The van der Waals surface area contributed by atoms with Crippen LogP contribution < -0.4 is 0 Å². The van der Waals surface area contributed by atoms with Crippen LogP contribution in [0.3, 0.4) is 0 Å². The number of benzene rings is 2. The zero-order valence-electron chi connectivity index (χ0n) is 18.9. The zero-order valence-corrected chi connectivity index (χ0v) is 18.9. The lowest BCUT2D eigenvalue weighted by Gasteiger charge is -2.42. The molecular formula is C26H27FN4O2. The number of carbonyl (C=O) groups excluding carboxylic acids is 2. The summed E-state index contributed by atoms with van der Waals surface area (Å²) in [6, 6.07) is 14.3. The van der Waals surface area contributed by atoms with Gasteiger partial charge in [0.15, 0.2) is 0 Å². The first-order valence-corrected chi connectivity index (χ1v) is 11.0. The highest BCUT2D eigenvalue weighted by Crippen LogP contribution is 2.39. The number of hydrogen-bond donors (Lipinski definition) is 0. The van der Waals surface area contributed by atoms with Crippen molar-refractivity contribution < 1.29 is 14.0 Å². The Kier molecular flexibility index (Phi) is 6.49. The Morgan fingerprint density at radius 1 is 1.06 bits per heavy atom. The van der Waals surface area contributed by atoms with E-state index in [-0.39, 0.29) is 17.6 Å². The fourth-order valence-electron chi connectivity index (χ4n) is 4.63. The molecule has 2 aromatic carbocycles. The van der Waals surface area contributed by atoms with Gasteiger partial charge in [-0.2, -0.15) is 0 Å². The summed E-state index contributed by atoms with van der Waals surface area (Å²) in [4.78, 5) is 37.7. The summed E-state index contributed by atoms with van der Waals surface area (Å²) in [5.41, 5.74) is 2.35. The molecule has 7 heteroatoms. The van der Waals surface area contributed by atoms with Crippen LogP contribution in [0.15, 0.2) is 67.1 Å². The van der Waals surface area contributed by atoms with E-state index >= 15 is 0 Å². The van der Waals surface area contributed by atoms with Crippen molar-refractivity contribution in [3.63, 3.8) is 0 Å². The van der Waals surface area contributed by atoms with E-state index in [2.05, 4.69) is 9.97 Å². The highest BCUT2D eigenvalue weighted by atomic mass is 19.1. The summed E-state index contributed by atoms with van der Waals surface area (Å²) >= 11 is 0. The lowest BCUT2D eigenvalue weighted by atomic mass is 9.71. The molecule has 2 amide bonds. The van der Waals surface area contributed by atoms with E-state index in [0.717, 1.165) is 16.7 Å². The molecule has 0 atom stereocenters. The topological polar surface area (TPSA) is 66.4 Å². The Bertz CT molecular complexity index is 1140. The molecule has 0 spiro atoms. The molecule has 3 aromatic rings. The molecule has 4 rings (SSSR count). The molecule has 1 saturated heterocycles. The summed E-state index contributed by atoms with van der Waals surface area (Å²) in [7, 11) is 3.53. The normalized spacial score (nSPS) is 15.2. The number of likely N-dealkylation sites (tertiary alicyclic amines) is 1. The van der Waals surface area contributed by atoms with Gasteiger partial charge in [0, 0.05) is 39.6 Å². The second-order valence-corrected chi connectivity index (χ2v) is 8.71. The molecule has 170 valence electrons. The first-order chi connectivity index (χ1) is 15.9. The summed E-state index contributed by atoms with van der Waals surface area (Å²) < 4.78 is 13.9. The molecule has 0 N–H and O–H groups in total. The maximum Gasteiger partial charge on any atom is 0.274 e. The van der Waals surface area contributed by atoms with Crippen LogP contribution in [0, 0.1) is 11.2 Å². The number of piperidine rings is 1. The number of carbonyl (C=O) groups is 2. The number of amides is 2. The van der Waals surface area contributed by atoms with Gasteiger partial charge in [-0.1, -0.05) is 36.4 Å². The van der Waals surface area contributed by atoms with E-state index in [0.29, 0.717) is 38.0 Å². The Balaban J connectivity index is 1.61. The molecule has 1 fully saturated rings. The Morgan fingerprint density at radius 3 is 2.48 bits per heavy atom. The molecule has 1 aliphatic rings. The fourth-order valence-corrected chi connectivity index (χ4v) is 4.63. The summed E-state index contributed by atoms with van der Waals surface area (Å²) in [6.45, 7) is 0.911. The molecule has 0 saturated carbocycles. The fraction of sp³-hybridized carbons (Fsp3) is 0.308. The maximum atomic E-state index is 13.9. The predicted molar refractivity (Wildman–Crippen MR) is 124 cm³/mol. The Labute approximate surface area is 193 Å². The van der Waals surface area contributed by atoms with Gasteiger partial charge in [-0.15, -0.1) is 0 Å². The minimum absolute atomic E-state index is 0.0446. The molecule has 0 aliphatic carbocycles. The number of aromatic nitrogens is 2. The second-order valence-electron chi connectivity index (χ2n) is 8.71. The van der Waals surface area contributed by atoms with E-state index in [4.69, 9.17) is 0 Å². The summed E-state index contributed by atoms with van der Waals surface area (Å²) in [5, 5.41) is 0.